The maximum absolute atomic E-state index is 5.81. The summed E-state index contributed by atoms with van der Waals surface area (Å²) in [7, 11) is 3.75. The molecule has 0 saturated carbocycles. The maximum Gasteiger partial charge on any atom is 0.257 e. The minimum atomic E-state index is 0.553. The Labute approximate surface area is 86.3 Å². The fraction of sp³-hybridized carbons (Fsp3) is 0.250. The highest BCUT2D eigenvalue weighted by molar-refractivity contribution is 6.30. The average Bonchev–Trinajstić information content (AvgIpc) is 2.44. The van der Waals surface area contributed by atoms with Crippen molar-refractivity contribution in [2.45, 2.75) is 0 Å². The van der Waals surface area contributed by atoms with Crippen molar-refractivity contribution in [1.29, 1.82) is 0 Å². The number of hydrogen-bond donors (Lipinski definition) is 1. The van der Waals surface area contributed by atoms with Crippen molar-refractivity contribution in [1.82, 2.24) is 19.6 Å². The van der Waals surface area contributed by atoms with E-state index < -0.39 is 0 Å². The van der Waals surface area contributed by atoms with Crippen LogP contribution in [0.25, 0.3) is 5.65 Å². The summed E-state index contributed by atoms with van der Waals surface area (Å²) in [6.07, 6.45) is 1.71. The van der Waals surface area contributed by atoms with E-state index in [1.54, 1.807) is 21.8 Å². The summed E-state index contributed by atoms with van der Waals surface area (Å²) in [4.78, 5) is 4.23. The summed E-state index contributed by atoms with van der Waals surface area (Å²) >= 11 is 5.81. The van der Waals surface area contributed by atoms with Gasteiger partial charge in [0.2, 0.25) is 0 Å². The molecule has 0 bridgehead atoms. The number of anilines is 1. The molecule has 0 spiro atoms. The smallest absolute Gasteiger partial charge is 0.257 e. The molecule has 0 aliphatic carbocycles. The minimum Gasteiger partial charge on any atom is -0.286 e. The molecule has 0 radical (unpaired) electrons. The lowest BCUT2D eigenvalue weighted by Crippen LogP contribution is -2.20. The van der Waals surface area contributed by atoms with Gasteiger partial charge >= 0.3 is 0 Å². The molecule has 0 atom stereocenters. The van der Waals surface area contributed by atoms with Gasteiger partial charge in [0, 0.05) is 20.3 Å². The van der Waals surface area contributed by atoms with Crippen molar-refractivity contribution in [2.75, 3.05) is 19.5 Å². The molecule has 2 aromatic rings. The van der Waals surface area contributed by atoms with Crippen LogP contribution in [0, 0.1) is 0 Å². The number of fused-ring (bicyclic) bond motifs is 1. The third kappa shape index (κ3) is 1.78. The second kappa shape index (κ2) is 3.43. The highest BCUT2D eigenvalue weighted by Crippen LogP contribution is 2.11. The number of nitrogens with zero attached hydrogens (tertiary/aromatic N) is 4. The molecule has 0 saturated heterocycles. The lowest BCUT2D eigenvalue weighted by molar-refractivity contribution is 0.489. The van der Waals surface area contributed by atoms with E-state index in [1.807, 2.05) is 20.2 Å². The monoisotopic (exact) mass is 211 g/mol. The van der Waals surface area contributed by atoms with E-state index in [1.165, 1.54) is 0 Å². The van der Waals surface area contributed by atoms with Crippen molar-refractivity contribution in [3.63, 3.8) is 0 Å². The third-order valence-corrected chi connectivity index (χ3v) is 1.84. The molecule has 6 heteroatoms. The van der Waals surface area contributed by atoms with E-state index in [0.717, 1.165) is 5.65 Å². The zero-order valence-corrected chi connectivity index (χ0v) is 8.65. The van der Waals surface area contributed by atoms with Gasteiger partial charge in [0.05, 0.1) is 5.02 Å². The molecule has 0 aliphatic heterocycles. The third-order valence-electron chi connectivity index (χ3n) is 1.62. The van der Waals surface area contributed by atoms with E-state index in [0.29, 0.717) is 11.0 Å². The number of nitrogens with one attached hydrogen (secondary N) is 1. The van der Waals surface area contributed by atoms with Crippen LogP contribution in [0.4, 0.5) is 5.95 Å². The number of aromatic nitrogens is 3. The summed E-state index contributed by atoms with van der Waals surface area (Å²) in [6.45, 7) is 0. The zero-order chi connectivity index (χ0) is 10.1. The fourth-order valence-electron chi connectivity index (χ4n) is 1.11. The van der Waals surface area contributed by atoms with Crippen molar-refractivity contribution in [2.24, 2.45) is 0 Å². The van der Waals surface area contributed by atoms with Crippen molar-refractivity contribution < 1.29 is 0 Å². The highest BCUT2D eigenvalue weighted by atomic mass is 35.5. The topological polar surface area (TPSA) is 45.5 Å². The number of hydrogen-bond acceptors (Lipinski definition) is 4. The molecular formula is C8H10ClN5. The van der Waals surface area contributed by atoms with Gasteiger partial charge in [-0.25, -0.2) is 9.52 Å². The van der Waals surface area contributed by atoms with Crippen LogP contribution in [0.1, 0.15) is 0 Å². The lowest BCUT2D eigenvalue weighted by Gasteiger charge is -2.07. The zero-order valence-electron chi connectivity index (χ0n) is 7.90. The van der Waals surface area contributed by atoms with E-state index in [-0.39, 0.29) is 0 Å². The van der Waals surface area contributed by atoms with Crippen LogP contribution in [0.5, 0.6) is 0 Å². The predicted molar refractivity (Wildman–Crippen MR) is 55.3 cm³/mol. The van der Waals surface area contributed by atoms with E-state index in [2.05, 4.69) is 15.5 Å². The van der Waals surface area contributed by atoms with E-state index in [4.69, 9.17) is 11.6 Å². The second-order valence-electron chi connectivity index (χ2n) is 3.09. The van der Waals surface area contributed by atoms with Gasteiger partial charge in [-0.3, -0.25) is 5.43 Å². The first-order chi connectivity index (χ1) is 6.65. The predicted octanol–water partition coefficient (Wildman–Crippen LogP) is 1.27. The average molecular weight is 212 g/mol. The molecule has 0 aromatic carbocycles. The molecular weight excluding hydrogens is 202 g/mol. The first-order valence-electron chi connectivity index (χ1n) is 4.11. The molecule has 0 unspecified atom stereocenters. The summed E-state index contributed by atoms with van der Waals surface area (Å²) in [6, 6.07) is 3.60. The molecule has 1 N–H and O–H groups in total. The first-order valence-corrected chi connectivity index (χ1v) is 4.49. The van der Waals surface area contributed by atoms with Crippen LogP contribution in [-0.2, 0) is 0 Å². The van der Waals surface area contributed by atoms with Gasteiger partial charge in [-0.2, -0.15) is 4.98 Å². The largest absolute Gasteiger partial charge is 0.286 e. The molecule has 14 heavy (non-hydrogen) atoms. The Morgan fingerprint density at radius 3 is 2.93 bits per heavy atom. The molecule has 2 aromatic heterocycles. The normalized spacial score (nSPS) is 11.1. The van der Waals surface area contributed by atoms with Crippen LogP contribution < -0.4 is 5.43 Å². The Morgan fingerprint density at radius 2 is 2.21 bits per heavy atom. The summed E-state index contributed by atoms with van der Waals surface area (Å²) in [5.41, 5.74) is 3.72. The Morgan fingerprint density at radius 1 is 1.43 bits per heavy atom. The fourth-order valence-corrected chi connectivity index (χ4v) is 1.26. The molecule has 2 rings (SSSR count). The van der Waals surface area contributed by atoms with Crippen LogP contribution in [0.3, 0.4) is 0 Å². The van der Waals surface area contributed by atoms with Gasteiger partial charge in [0.1, 0.15) is 0 Å². The van der Waals surface area contributed by atoms with Gasteiger partial charge in [-0.05, 0) is 12.1 Å². The Kier molecular flexibility index (Phi) is 2.26. The van der Waals surface area contributed by atoms with E-state index >= 15 is 0 Å². The molecule has 0 aliphatic rings. The Balaban J connectivity index is 2.41. The Bertz CT molecular complexity index is 450. The molecule has 0 fully saturated rings. The first kappa shape index (κ1) is 9.23. The van der Waals surface area contributed by atoms with E-state index in [9.17, 15) is 0 Å². The standard InChI is InChI=1S/C8H10ClN5/c1-13(2)11-8-10-7-4-3-6(9)5-14(7)12-8/h3-5H,1-2H3,(H,11,12). The van der Waals surface area contributed by atoms with Crippen LogP contribution in [0.2, 0.25) is 5.02 Å². The van der Waals surface area contributed by atoms with Gasteiger partial charge in [0.15, 0.2) is 5.65 Å². The van der Waals surface area contributed by atoms with Gasteiger partial charge < -0.3 is 0 Å². The Hall–Kier alpha value is -1.33. The quantitative estimate of drug-likeness (QED) is 0.760. The second-order valence-corrected chi connectivity index (χ2v) is 3.53. The van der Waals surface area contributed by atoms with Gasteiger partial charge in [0.25, 0.3) is 5.95 Å². The summed E-state index contributed by atoms with van der Waals surface area (Å²) in [5, 5.41) is 6.59. The van der Waals surface area contributed by atoms with Crippen molar-refractivity contribution in [3.05, 3.63) is 23.4 Å². The SMILES string of the molecule is CN(C)Nc1nc2ccc(Cl)cn2n1. The molecule has 74 valence electrons. The van der Waals surface area contributed by atoms with Gasteiger partial charge in [-0.15, -0.1) is 5.10 Å². The van der Waals surface area contributed by atoms with Crippen LogP contribution in [0.15, 0.2) is 18.3 Å². The summed E-state index contributed by atoms with van der Waals surface area (Å²) < 4.78 is 1.63. The molecule has 2 heterocycles. The summed E-state index contributed by atoms with van der Waals surface area (Å²) in [5.74, 6) is 0.553. The van der Waals surface area contributed by atoms with Crippen LogP contribution >= 0.6 is 11.6 Å². The van der Waals surface area contributed by atoms with Crippen molar-refractivity contribution >= 4 is 23.2 Å². The minimum absolute atomic E-state index is 0.553. The molecule has 0 amide bonds. The number of halogens is 1. The van der Waals surface area contributed by atoms with Crippen molar-refractivity contribution in [3.8, 4) is 0 Å². The van der Waals surface area contributed by atoms with Gasteiger partial charge in [-0.1, -0.05) is 11.6 Å². The maximum atomic E-state index is 5.81. The number of rotatable bonds is 2. The highest BCUT2D eigenvalue weighted by Gasteiger charge is 2.03. The number of hydrazine groups is 1. The number of pyridine rings is 1. The van der Waals surface area contributed by atoms with Crippen LogP contribution in [-0.4, -0.2) is 33.7 Å². The molecule has 5 nitrogen and oxygen atoms in total. The lowest BCUT2D eigenvalue weighted by atomic mass is 10.5.